The van der Waals surface area contributed by atoms with Gasteiger partial charge in [0.05, 0.1) is 13.1 Å². The van der Waals surface area contributed by atoms with Crippen molar-refractivity contribution in [1.82, 2.24) is 4.90 Å². The number of carbonyl (C=O) groups is 2. The fourth-order valence-corrected chi connectivity index (χ4v) is 2.48. The summed E-state index contributed by atoms with van der Waals surface area (Å²) >= 11 is 0. The van der Waals surface area contributed by atoms with Crippen LogP contribution in [0.2, 0.25) is 0 Å². The highest BCUT2D eigenvalue weighted by Crippen LogP contribution is 2.24. The smallest absolute Gasteiger partial charge is 0.327 e. The van der Waals surface area contributed by atoms with Crippen LogP contribution >= 0.6 is 0 Å². The molecule has 1 aliphatic carbocycles. The zero-order valence-electron chi connectivity index (χ0n) is 8.91. The van der Waals surface area contributed by atoms with Gasteiger partial charge in [-0.15, -0.1) is 0 Å². The number of esters is 2. The molecule has 0 amide bonds. The molecule has 0 atom stereocenters. The second kappa shape index (κ2) is 4.75. The molecule has 0 aromatic carbocycles. The quantitative estimate of drug-likeness (QED) is 0.504. The maximum Gasteiger partial charge on any atom is 0.327 e. The van der Waals surface area contributed by atoms with E-state index in [0.717, 1.165) is 6.54 Å². The monoisotopic (exact) mass is 211 g/mol. The first-order valence-electron chi connectivity index (χ1n) is 5.70. The van der Waals surface area contributed by atoms with Crippen LogP contribution in [0.5, 0.6) is 0 Å². The fraction of sp³-hybridized carbons (Fsp3) is 0.818. The summed E-state index contributed by atoms with van der Waals surface area (Å²) in [6.45, 7) is 1.44. The number of ether oxygens (including phenoxy) is 1. The van der Waals surface area contributed by atoms with E-state index in [1.165, 1.54) is 32.1 Å². The van der Waals surface area contributed by atoms with Gasteiger partial charge in [0.25, 0.3) is 0 Å². The Hall–Kier alpha value is -0.900. The standard InChI is InChI=1S/C11H17NO3/c13-10-7-12(8-11(14)15-10)6-9-4-2-1-3-5-9/h9H,1-8H2. The van der Waals surface area contributed by atoms with Crippen LogP contribution in [0.4, 0.5) is 0 Å². The second-order valence-corrected chi connectivity index (χ2v) is 4.52. The summed E-state index contributed by atoms with van der Waals surface area (Å²) in [6, 6.07) is 0. The van der Waals surface area contributed by atoms with Gasteiger partial charge in [-0.05, 0) is 18.8 Å². The molecule has 1 heterocycles. The molecule has 0 N–H and O–H groups in total. The Morgan fingerprint density at radius 1 is 1.07 bits per heavy atom. The minimum absolute atomic E-state index is 0.280. The van der Waals surface area contributed by atoms with Crippen molar-refractivity contribution in [3.63, 3.8) is 0 Å². The van der Waals surface area contributed by atoms with Gasteiger partial charge in [-0.25, -0.2) is 0 Å². The van der Waals surface area contributed by atoms with Crippen molar-refractivity contribution in [3.05, 3.63) is 0 Å². The maximum absolute atomic E-state index is 11.0. The zero-order chi connectivity index (χ0) is 10.7. The van der Waals surface area contributed by atoms with Gasteiger partial charge in [0, 0.05) is 6.54 Å². The van der Waals surface area contributed by atoms with Crippen LogP contribution in [-0.2, 0) is 14.3 Å². The molecule has 0 aromatic rings. The average Bonchev–Trinajstić information content (AvgIpc) is 2.17. The Morgan fingerprint density at radius 2 is 1.67 bits per heavy atom. The van der Waals surface area contributed by atoms with E-state index in [1.54, 1.807) is 0 Å². The van der Waals surface area contributed by atoms with Gasteiger partial charge in [0.1, 0.15) is 0 Å². The predicted molar refractivity (Wildman–Crippen MR) is 54.1 cm³/mol. The largest absolute Gasteiger partial charge is 0.391 e. The minimum atomic E-state index is -0.401. The van der Waals surface area contributed by atoms with E-state index in [9.17, 15) is 9.59 Å². The fourth-order valence-electron chi connectivity index (χ4n) is 2.48. The van der Waals surface area contributed by atoms with Crippen molar-refractivity contribution in [2.45, 2.75) is 32.1 Å². The molecule has 2 aliphatic rings. The summed E-state index contributed by atoms with van der Waals surface area (Å²) in [4.78, 5) is 24.0. The Kier molecular flexibility index (Phi) is 3.36. The van der Waals surface area contributed by atoms with Crippen LogP contribution in [0.25, 0.3) is 0 Å². The number of nitrogens with zero attached hydrogens (tertiary/aromatic N) is 1. The van der Waals surface area contributed by atoms with Crippen LogP contribution in [-0.4, -0.2) is 36.5 Å². The normalized spacial score (nSPS) is 25.3. The van der Waals surface area contributed by atoms with Gasteiger partial charge >= 0.3 is 11.9 Å². The number of hydrogen-bond acceptors (Lipinski definition) is 4. The first kappa shape index (κ1) is 10.6. The highest BCUT2D eigenvalue weighted by atomic mass is 16.6. The van der Waals surface area contributed by atoms with E-state index in [0.29, 0.717) is 5.92 Å². The molecule has 0 unspecified atom stereocenters. The second-order valence-electron chi connectivity index (χ2n) is 4.52. The Bertz CT molecular complexity index is 243. The Balaban J connectivity index is 1.82. The molecule has 4 heteroatoms. The first-order valence-corrected chi connectivity index (χ1v) is 5.70. The lowest BCUT2D eigenvalue weighted by Crippen LogP contribution is -2.45. The van der Waals surface area contributed by atoms with E-state index in [1.807, 2.05) is 4.90 Å². The molecule has 84 valence electrons. The lowest BCUT2D eigenvalue weighted by atomic mass is 9.89. The molecule has 4 nitrogen and oxygen atoms in total. The van der Waals surface area contributed by atoms with Gasteiger partial charge in [-0.3, -0.25) is 14.5 Å². The molecular formula is C11H17NO3. The van der Waals surface area contributed by atoms with Crippen LogP contribution in [0, 0.1) is 5.92 Å². The van der Waals surface area contributed by atoms with Crippen molar-refractivity contribution in [1.29, 1.82) is 0 Å². The summed E-state index contributed by atoms with van der Waals surface area (Å²) in [6.07, 6.45) is 6.38. The van der Waals surface area contributed by atoms with Crippen molar-refractivity contribution >= 4 is 11.9 Å². The summed E-state index contributed by atoms with van der Waals surface area (Å²) in [5.41, 5.74) is 0. The molecule has 1 aliphatic heterocycles. The Labute approximate surface area is 89.6 Å². The number of carbonyl (C=O) groups excluding carboxylic acids is 2. The lowest BCUT2D eigenvalue weighted by molar-refractivity contribution is -0.167. The predicted octanol–water partition coefficient (Wildman–Crippen LogP) is 0.952. The highest BCUT2D eigenvalue weighted by Gasteiger charge is 2.27. The molecule has 1 saturated carbocycles. The highest BCUT2D eigenvalue weighted by molar-refractivity contribution is 5.90. The average molecular weight is 211 g/mol. The lowest BCUT2D eigenvalue weighted by Gasteiger charge is -2.30. The van der Waals surface area contributed by atoms with Crippen LogP contribution < -0.4 is 0 Å². The Morgan fingerprint density at radius 3 is 2.27 bits per heavy atom. The number of morpholine rings is 1. The third kappa shape index (κ3) is 3.02. The topological polar surface area (TPSA) is 46.6 Å². The summed E-state index contributed by atoms with van der Waals surface area (Å²) in [7, 11) is 0. The zero-order valence-corrected chi connectivity index (χ0v) is 8.91. The van der Waals surface area contributed by atoms with Gasteiger partial charge in [0.2, 0.25) is 0 Å². The summed E-state index contributed by atoms with van der Waals surface area (Å²) in [5.74, 6) is -0.137. The van der Waals surface area contributed by atoms with Crippen molar-refractivity contribution in [2.24, 2.45) is 5.92 Å². The van der Waals surface area contributed by atoms with Crippen LogP contribution in [0.15, 0.2) is 0 Å². The van der Waals surface area contributed by atoms with Gasteiger partial charge in [-0.2, -0.15) is 0 Å². The van der Waals surface area contributed by atoms with E-state index in [-0.39, 0.29) is 13.1 Å². The van der Waals surface area contributed by atoms with Gasteiger partial charge < -0.3 is 4.74 Å². The molecular weight excluding hydrogens is 194 g/mol. The van der Waals surface area contributed by atoms with E-state index < -0.39 is 11.9 Å². The number of hydrogen-bond donors (Lipinski definition) is 0. The van der Waals surface area contributed by atoms with Gasteiger partial charge in [-0.1, -0.05) is 19.3 Å². The third-order valence-corrected chi connectivity index (χ3v) is 3.17. The van der Waals surface area contributed by atoms with E-state index in [4.69, 9.17) is 0 Å². The SMILES string of the molecule is O=C1CN(CC2CCCCC2)CC(=O)O1. The number of cyclic esters (lactones) is 2. The molecule has 0 spiro atoms. The molecule has 15 heavy (non-hydrogen) atoms. The maximum atomic E-state index is 11.0. The van der Waals surface area contributed by atoms with E-state index >= 15 is 0 Å². The van der Waals surface area contributed by atoms with Crippen LogP contribution in [0.1, 0.15) is 32.1 Å². The number of rotatable bonds is 2. The summed E-state index contributed by atoms with van der Waals surface area (Å²) < 4.78 is 4.49. The van der Waals surface area contributed by atoms with Crippen molar-refractivity contribution < 1.29 is 14.3 Å². The molecule has 0 bridgehead atoms. The summed E-state index contributed by atoms with van der Waals surface area (Å²) in [5, 5.41) is 0. The first-order chi connectivity index (χ1) is 7.24. The minimum Gasteiger partial charge on any atom is -0.391 e. The molecule has 0 radical (unpaired) electrons. The molecule has 0 aromatic heterocycles. The van der Waals surface area contributed by atoms with E-state index in [2.05, 4.69) is 4.74 Å². The molecule has 1 saturated heterocycles. The van der Waals surface area contributed by atoms with Gasteiger partial charge in [0.15, 0.2) is 0 Å². The van der Waals surface area contributed by atoms with Crippen molar-refractivity contribution in [3.8, 4) is 0 Å². The van der Waals surface area contributed by atoms with Crippen LogP contribution in [0.3, 0.4) is 0 Å². The molecule has 2 fully saturated rings. The van der Waals surface area contributed by atoms with Crippen molar-refractivity contribution in [2.75, 3.05) is 19.6 Å². The molecule has 2 rings (SSSR count). The third-order valence-electron chi connectivity index (χ3n) is 3.17.